The molecule has 0 aromatic heterocycles. The van der Waals surface area contributed by atoms with E-state index >= 15 is 0 Å². The number of carboxylic acid groups (broad SMARTS) is 1. The van der Waals surface area contributed by atoms with Crippen LogP contribution < -0.4 is 0 Å². The Morgan fingerprint density at radius 1 is 1.11 bits per heavy atom. The molecule has 0 spiro atoms. The zero-order valence-corrected chi connectivity index (χ0v) is 10.5. The molecule has 3 atom stereocenters. The third-order valence-corrected chi connectivity index (χ3v) is 4.40. The molecule has 96 valence electrons. The van der Waals surface area contributed by atoms with Gasteiger partial charge in [-0.3, -0.25) is 9.69 Å². The van der Waals surface area contributed by atoms with Gasteiger partial charge in [0.15, 0.2) is 0 Å². The molecule has 0 aliphatic carbocycles. The number of aliphatic carboxylic acids is 1. The van der Waals surface area contributed by atoms with Gasteiger partial charge in [-0.05, 0) is 31.2 Å². The van der Waals surface area contributed by atoms with Crippen LogP contribution in [-0.2, 0) is 4.79 Å². The standard InChI is InChI=1S/C15H19NO2/c17-15(18)14(11-5-2-1-3-6-11)16-12-7-4-8-13(16)10-9-12/h1-3,5-6,12-14H,4,7-10H2,(H,17,18). The number of piperidine rings is 1. The summed E-state index contributed by atoms with van der Waals surface area (Å²) in [7, 11) is 0. The summed E-state index contributed by atoms with van der Waals surface area (Å²) in [5.41, 5.74) is 0.920. The lowest BCUT2D eigenvalue weighted by atomic mass is 9.96. The molecule has 1 N–H and O–H groups in total. The zero-order valence-electron chi connectivity index (χ0n) is 10.5. The molecule has 3 rings (SSSR count). The van der Waals surface area contributed by atoms with Crippen molar-refractivity contribution in [1.29, 1.82) is 0 Å². The Morgan fingerprint density at radius 3 is 2.28 bits per heavy atom. The lowest BCUT2D eigenvalue weighted by Crippen LogP contribution is -2.45. The molecule has 0 saturated carbocycles. The molecule has 0 radical (unpaired) electrons. The molecule has 0 amide bonds. The molecule has 2 aliphatic heterocycles. The number of carbonyl (C=O) groups is 1. The fraction of sp³-hybridized carbons (Fsp3) is 0.533. The number of fused-ring (bicyclic) bond motifs is 2. The predicted octanol–water partition coefficient (Wildman–Crippen LogP) is 2.83. The van der Waals surface area contributed by atoms with E-state index in [-0.39, 0.29) is 0 Å². The van der Waals surface area contributed by atoms with Crippen LogP contribution in [0.25, 0.3) is 0 Å². The van der Waals surface area contributed by atoms with Crippen molar-refractivity contribution in [3.05, 3.63) is 35.9 Å². The SMILES string of the molecule is O=C(O)C(c1ccccc1)N1C2CCCC1CC2. The van der Waals surface area contributed by atoms with Crippen molar-refractivity contribution in [3.8, 4) is 0 Å². The van der Waals surface area contributed by atoms with Crippen LogP contribution >= 0.6 is 0 Å². The van der Waals surface area contributed by atoms with Crippen LogP contribution in [0.3, 0.4) is 0 Å². The van der Waals surface area contributed by atoms with Crippen LogP contribution in [0.2, 0.25) is 0 Å². The minimum Gasteiger partial charge on any atom is -0.480 e. The highest BCUT2D eigenvalue weighted by Crippen LogP contribution is 2.41. The molecular weight excluding hydrogens is 226 g/mol. The maximum atomic E-state index is 11.7. The molecule has 1 aromatic carbocycles. The van der Waals surface area contributed by atoms with E-state index in [1.165, 1.54) is 19.3 Å². The van der Waals surface area contributed by atoms with Gasteiger partial charge in [-0.1, -0.05) is 36.8 Å². The van der Waals surface area contributed by atoms with Gasteiger partial charge >= 0.3 is 5.97 Å². The highest BCUT2D eigenvalue weighted by Gasteiger charge is 2.43. The number of hydrogen-bond acceptors (Lipinski definition) is 2. The van der Waals surface area contributed by atoms with Crippen molar-refractivity contribution >= 4 is 5.97 Å². The summed E-state index contributed by atoms with van der Waals surface area (Å²) in [5, 5.41) is 9.60. The molecule has 18 heavy (non-hydrogen) atoms. The highest BCUT2D eigenvalue weighted by atomic mass is 16.4. The first-order valence-corrected chi connectivity index (χ1v) is 6.82. The van der Waals surface area contributed by atoms with Crippen molar-refractivity contribution in [2.75, 3.05) is 0 Å². The van der Waals surface area contributed by atoms with E-state index in [2.05, 4.69) is 4.90 Å². The van der Waals surface area contributed by atoms with Gasteiger partial charge < -0.3 is 5.11 Å². The second-order valence-electron chi connectivity index (χ2n) is 5.41. The normalized spacial score (nSPS) is 29.1. The Labute approximate surface area is 107 Å². The van der Waals surface area contributed by atoms with Gasteiger partial charge in [-0.2, -0.15) is 0 Å². The minimum absolute atomic E-state index is 0.455. The summed E-state index contributed by atoms with van der Waals surface area (Å²) >= 11 is 0. The van der Waals surface area contributed by atoms with Crippen LogP contribution in [0, 0.1) is 0 Å². The Hall–Kier alpha value is -1.35. The molecule has 3 heteroatoms. The maximum absolute atomic E-state index is 11.7. The number of rotatable bonds is 3. The maximum Gasteiger partial charge on any atom is 0.325 e. The van der Waals surface area contributed by atoms with Crippen molar-refractivity contribution in [2.45, 2.75) is 50.2 Å². The van der Waals surface area contributed by atoms with Crippen molar-refractivity contribution in [2.24, 2.45) is 0 Å². The fourth-order valence-corrected chi connectivity index (χ4v) is 3.66. The summed E-state index contributed by atoms with van der Waals surface area (Å²) in [6.45, 7) is 0. The first kappa shape index (κ1) is 11.7. The van der Waals surface area contributed by atoms with Gasteiger partial charge in [0.2, 0.25) is 0 Å². The molecule has 2 heterocycles. The van der Waals surface area contributed by atoms with Gasteiger partial charge in [0.25, 0.3) is 0 Å². The summed E-state index contributed by atoms with van der Waals surface area (Å²) in [5.74, 6) is -0.708. The van der Waals surface area contributed by atoms with Crippen LogP contribution in [0.15, 0.2) is 30.3 Å². The molecule has 2 saturated heterocycles. The van der Waals surface area contributed by atoms with Gasteiger partial charge in [0.05, 0.1) is 0 Å². The number of carboxylic acids is 1. The Bertz CT molecular complexity index is 415. The highest BCUT2D eigenvalue weighted by molar-refractivity contribution is 5.75. The monoisotopic (exact) mass is 245 g/mol. The summed E-state index contributed by atoms with van der Waals surface area (Å²) in [6, 6.07) is 10.2. The summed E-state index contributed by atoms with van der Waals surface area (Å²) < 4.78 is 0. The number of nitrogens with zero attached hydrogens (tertiary/aromatic N) is 1. The van der Waals surface area contributed by atoms with Crippen molar-refractivity contribution in [1.82, 2.24) is 4.90 Å². The van der Waals surface area contributed by atoms with Crippen LogP contribution in [0.5, 0.6) is 0 Å². The third kappa shape index (κ3) is 1.93. The van der Waals surface area contributed by atoms with Crippen LogP contribution in [-0.4, -0.2) is 28.1 Å². The first-order chi connectivity index (χ1) is 8.77. The minimum atomic E-state index is -0.708. The van der Waals surface area contributed by atoms with Gasteiger partial charge in [0.1, 0.15) is 6.04 Å². The second-order valence-corrected chi connectivity index (χ2v) is 5.41. The largest absolute Gasteiger partial charge is 0.480 e. The summed E-state index contributed by atoms with van der Waals surface area (Å²) in [4.78, 5) is 13.9. The lowest BCUT2D eigenvalue weighted by Gasteiger charge is -2.39. The molecule has 2 bridgehead atoms. The Balaban J connectivity index is 1.93. The van der Waals surface area contributed by atoms with Crippen LogP contribution in [0.4, 0.5) is 0 Å². The molecule has 2 aliphatic rings. The summed E-state index contributed by atoms with van der Waals surface area (Å²) in [6.07, 6.45) is 5.91. The van der Waals surface area contributed by atoms with Gasteiger partial charge in [0, 0.05) is 12.1 Å². The van der Waals surface area contributed by atoms with E-state index in [9.17, 15) is 9.90 Å². The van der Waals surface area contributed by atoms with Gasteiger partial charge in [-0.25, -0.2) is 0 Å². The smallest absolute Gasteiger partial charge is 0.325 e. The van der Waals surface area contributed by atoms with E-state index in [0.29, 0.717) is 12.1 Å². The Kier molecular flexibility index (Phi) is 3.08. The van der Waals surface area contributed by atoms with Crippen molar-refractivity contribution < 1.29 is 9.90 Å². The number of hydrogen-bond donors (Lipinski definition) is 1. The molecule has 3 unspecified atom stereocenters. The Morgan fingerprint density at radius 2 is 1.72 bits per heavy atom. The van der Waals surface area contributed by atoms with Crippen molar-refractivity contribution in [3.63, 3.8) is 0 Å². The van der Waals surface area contributed by atoms with E-state index in [4.69, 9.17) is 0 Å². The van der Waals surface area contributed by atoms with Crippen LogP contribution in [0.1, 0.15) is 43.7 Å². The molecule has 1 aromatic rings. The fourth-order valence-electron chi connectivity index (χ4n) is 3.66. The topological polar surface area (TPSA) is 40.5 Å². The average molecular weight is 245 g/mol. The van der Waals surface area contributed by atoms with E-state index in [1.54, 1.807) is 0 Å². The first-order valence-electron chi connectivity index (χ1n) is 6.82. The van der Waals surface area contributed by atoms with E-state index in [1.807, 2.05) is 30.3 Å². The molecular formula is C15H19NO2. The zero-order chi connectivity index (χ0) is 12.5. The number of benzene rings is 1. The lowest BCUT2D eigenvalue weighted by molar-refractivity contribution is -0.145. The van der Waals surface area contributed by atoms with E-state index in [0.717, 1.165) is 18.4 Å². The second kappa shape index (κ2) is 4.73. The molecule has 3 nitrogen and oxygen atoms in total. The van der Waals surface area contributed by atoms with Gasteiger partial charge in [-0.15, -0.1) is 0 Å². The predicted molar refractivity (Wildman–Crippen MR) is 69.3 cm³/mol. The molecule has 2 fully saturated rings. The van der Waals surface area contributed by atoms with E-state index < -0.39 is 12.0 Å². The average Bonchev–Trinajstić information content (AvgIpc) is 2.62. The quantitative estimate of drug-likeness (QED) is 0.890. The third-order valence-electron chi connectivity index (χ3n) is 4.40.